The number of carbonyl (C=O) groups is 9. The predicted molar refractivity (Wildman–Crippen MR) is 287 cm³/mol. The van der Waals surface area contributed by atoms with Gasteiger partial charge in [0.25, 0.3) is 0 Å². The first-order valence-electron chi connectivity index (χ1n) is 24.0. The molecule has 0 rings (SSSR count). The van der Waals surface area contributed by atoms with E-state index in [9.17, 15) is 43.2 Å². The number of alkyl carbamates (subject to hydrolysis) is 3. The molecule has 438 valence electrons. The molecule has 5 amide bonds. The summed E-state index contributed by atoms with van der Waals surface area (Å²) in [6.45, 7) is 25.4. The average molecular weight is 1080 g/mol. The first kappa shape index (κ1) is 80.2. The lowest BCUT2D eigenvalue weighted by molar-refractivity contribution is -0.148. The fourth-order valence-electron chi connectivity index (χ4n) is 4.06. The quantitative estimate of drug-likeness (QED) is 0.0129. The maximum atomic E-state index is 11.9. The average Bonchev–Trinajstić information content (AvgIpc) is 3.22. The molecule has 0 fully saturated rings. The summed E-state index contributed by atoms with van der Waals surface area (Å²) in [7, 11) is 5.14. The number of carbonyl (C=O) groups excluding carboxylic acids is 8. The number of nitrogens with zero attached hydrogens (tertiary/aromatic N) is 3. The van der Waals surface area contributed by atoms with Gasteiger partial charge in [-0.05, 0) is 142 Å². The lowest BCUT2D eigenvalue weighted by Gasteiger charge is -2.22. The Kier molecular flexibility index (Phi) is 49.5. The molecule has 0 aromatic rings. The first-order valence-corrected chi connectivity index (χ1v) is 24.0. The highest BCUT2D eigenvalue weighted by Gasteiger charge is 2.22. The molecule has 0 saturated heterocycles. The van der Waals surface area contributed by atoms with E-state index >= 15 is 0 Å². The normalized spacial score (nSPS) is 10.7. The van der Waals surface area contributed by atoms with Gasteiger partial charge in [0, 0.05) is 59.9 Å². The van der Waals surface area contributed by atoms with E-state index < -0.39 is 70.2 Å². The second-order valence-electron chi connectivity index (χ2n) is 19.3. The summed E-state index contributed by atoms with van der Waals surface area (Å²) >= 11 is 0. The van der Waals surface area contributed by atoms with E-state index in [1.807, 2.05) is 7.05 Å². The number of aldehydes is 1. The number of hydrogen-bond donors (Lipinski definition) is 12. The smallest absolute Gasteiger partial charge is 0.435 e. The number of ether oxygens (including phenoxy) is 4. The van der Waals surface area contributed by atoms with Gasteiger partial charge in [-0.15, -0.1) is 0 Å². The maximum Gasteiger partial charge on any atom is 0.435 e. The molecular formula is C47H95N13O15. The van der Waals surface area contributed by atoms with Crippen LogP contribution in [0.4, 0.5) is 19.2 Å². The molecule has 0 saturated carbocycles. The Morgan fingerprint density at radius 1 is 0.667 bits per heavy atom. The third-order valence-electron chi connectivity index (χ3n) is 6.92. The third-order valence-corrected chi connectivity index (χ3v) is 6.92. The Morgan fingerprint density at radius 3 is 1.41 bits per heavy atom. The van der Waals surface area contributed by atoms with Crippen LogP contribution in [0.25, 0.3) is 0 Å². The molecule has 0 heterocycles. The Hall–Kier alpha value is -6.20. The zero-order valence-corrected chi connectivity index (χ0v) is 47.8. The van der Waals surface area contributed by atoms with Crippen molar-refractivity contribution in [3.05, 3.63) is 0 Å². The molecular weight excluding hydrogens is 987 g/mol. The topological polar surface area (TPSA) is 433 Å². The maximum absolute atomic E-state index is 11.9. The number of nitrogens with two attached hydrogens (primary N) is 3. The van der Waals surface area contributed by atoms with Crippen LogP contribution in [0.15, 0.2) is 9.98 Å². The third kappa shape index (κ3) is 69.9. The van der Waals surface area contributed by atoms with Gasteiger partial charge in [0.05, 0.1) is 5.84 Å². The molecule has 0 aromatic carbocycles. The number of aliphatic carboxylic acids is 1. The highest BCUT2D eigenvalue weighted by atomic mass is 16.6. The van der Waals surface area contributed by atoms with Crippen LogP contribution in [0.1, 0.15) is 155 Å². The van der Waals surface area contributed by atoms with Crippen molar-refractivity contribution in [1.82, 2.24) is 37.1 Å². The number of guanidine groups is 1. The van der Waals surface area contributed by atoms with E-state index in [1.165, 1.54) is 11.9 Å². The van der Waals surface area contributed by atoms with Gasteiger partial charge in [0.2, 0.25) is 17.5 Å². The number of amidine groups is 2. The van der Waals surface area contributed by atoms with Crippen molar-refractivity contribution < 1.29 is 72.3 Å². The van der Waals surface area contributed by atoms with E-state index in [2.05, 4.69) is 47.9 Å². The zero-order valence-electron chi connectivity index (χ0n) is 47.8. The van der Waals surface area contributed by atoms with E-state index in [1.54, 1.807) is 97.2 Å². The molecule has 28 nitrogen and oxygen atoms in total. The molecule has 0 bridgehead atoms. The summed E-state index contributed by atoms with van der Waals surface area (Å²) < 4.78 is 20.5. The van der Waals surface area contributed by atoms with Crippen LogP contribution in [-0.4, -0.2) is 163 Å². The summed E-state index contributed by atoms with van der Waals surface area (Å²) in [5.41, 5.74) is 12.4. The Morgan fingerprint density at radius 2 is 1.09 bits per heavy atom. The molecule has 0 aromatic heterocycles. The standard InChI is InChI=1S/C17H33N3O4.C14H25N3O5.C9H18N4O2.C3H9NO.C3H4O3.CH6N2/c1-16(2,3)23-14(21)19-13(11-9-8-10-12-18-7)20-15(22)24-17(4,5)6;1-13(2,3)21-11(19)16-10(15-8-7-9-18)17-12(20)22-14(4,5)6;1-7(14)9(15)13(12-2)6-4-3-5-8(10)11;4-2-1-3-5;1-2(4)3(5)6;1-3-2/h18H,8-12H2,1-7H3,(H,19,20,21,22);9H,7-8H2,1-6H3,(H2,15,16,17,19,20);12H,3-6H2,1-2H3,(H3,10,11);5H,1-4H2;1H3,(H,5,6);3H,2H2,1H3. The Balaban J connectivity index is -0.000000214. The molecule has 0 radical (unpaired) electrons. The predicted octanol–water partition coefficient (Wildman–Crippen LogP) is 3.32. The highest BCUT2D eigenvalue weighted by Crippen LogP contribution is 2.11. The minimum atomic E-state index is -1.38. The second-order valence-corrected chi connectivity index (χ2v) is 19.3. The van der Waals surface area contributed by atoms with E-state index in [-0.39, 0.29) is 37.2 Å². The van der Waals surface area contributed by atoms with E-state index in [0.717, 1.165) is 45.6 Å². The van der Waals surface area contributed by atoms with Crippen LogP contribution in [0.2, 0.25) is 0 Å². The van der Waals surface area contributed by atoms with Crippen LogP contribution in [-0.2, 0) is 42.9 Å². The number of Topliss-reactive ketones (excluding diaryl/α,β-unsaturated/α-hetero) is 2. The van der Waals surface area contributed by atoms with Crippen molar-refractivity contribution in [2.75, 3.05) is 53.9 Å². The van der Waals surface area contributed by atoms with Crippen molar-refractivity contribution in [1.29, 1.82) is 5.41 Å². The lowest BCUT2D eigenvalue weighted by atomic mass is 10.2. The fraction of sp³-hybridized carbons (Fsp3) is 0.745. The number of hydrogen-bond acceptors (Lipinski definition) is 21. The summed E-state index contributed by atoms with van der Waals surface area (Å²) in [6.07, 6.45) is 3.90. The minimum absolute atomic E-state index is 0.116. The van der Waals surface area contributed by atoms with Gasteiger partial charge in [0.15, 0.2) is 0 Å². The van der Waals surface area contributed by atoms with Gasteiger partial charge in [-0.2, -0.15) is 4.99 Å². The molecule has 0 aliphatic rings. The Bertz CT molecular complexity index is 1690. The number of ketones is 2. The van der Waals surface area contributed by atoms with Crippen molar-refractivity contribution in [3.8, 4) is 0 Å². The molecule has 15 N–H and O–H groups in total. The number of carboxylic acid groups (broad SMARTS) is 1. The zero-order chi connectivity index (χ0) is 60.0. The van der Waals surface area contributed by atoms with E-state index in [4.69, 9.17) is 46.0 Å². The number of aliphatic hydroxyl groups excluding tert-OH is 1. The number of amides is 5. The SMILES string of the molecule is CC(=O)C(=O)O.CC(C)(C)OC(=O)NC(=NCCC=O)NC(=O)OC(C)(C)C.CNCCCCCC(=NC(=O)OC(C)(C)C)NC(=O)OC(C)(C)C.CNN.CNN(CCCCC(=N)N)C(=O)C(C)=O.NCCCO. The number of carboxylic acids is 1. The fourth-order valence-corrected chi connectivity index (χ4v) is 4.06. The monoisotopic (exact) mass is 1080 g/mol. The second kappa shape index (κ2) is 46.3. The van der Waals surface area contributed by atoms with Gasteiger partial charge in [0.1, 0.15) is 34.5 Å². The number of aliphatic imine (C=N–C) groups is 2. The lowest BCUT2D eigenvalue weighted by Crippen LogP contribution is -2.47. The minimum Gasteiger partial charge on any atom is -0.476 e. The van der Waals surface area contributed by atoms with Gasteiger partial charge in [-0.1, -0.05) is 6.42 Å². The van der Waals surface area contributed by atoms with Gasteiger partial charge >= 0.3 is 36.2 Å². The molecule has 75 heavy (non-hydrogen) atoms. The van der Waals surface area contributed by atoms with Crippen molar-refractivity contribution >= 4 is 71.7 Å². The molecule has 0 spiro atoms. The van der Waals surface area contributed by atoms with Crippen LogP contribution in [0.5, 0.6) is 0 Å². The molecule has 0 atom stereocenters. The number of aliphatic hydroxyl groups is 1. The summed E-state index contributed by atoms with van der Waals surface area (Å²) in [5, 5.41) is 34.2. The van der Waals surface area contributed by atoms with Crippen molar-refractivity contribution in [2.24, 2.45) is 27.3 Å². The molecule has 0 aliphatic heterocycles. The molecule has 0 unspecified atom stereocenters. The first-order chi connectivity index (χ1) is 34.3. The summed E-state index contributed by atoms with van der Waals surface area (Å²) in [4.78, 5) is 106. The highest BCUT2D eigenvalue weighted by molar-refractivity contribution is 6.34. The molecule has 0 aliphatic carbocycles. The van der Waals surface area contributed by atoms with Crippen LogP contribution >= 0.6 is 0 Å². The van der Waals surface area contributed by atoms with Crippen LogP contribution < -0.4 is 49.4 Å². The summed E-state index contributed by atoms with van der Waals surface area (Å²) in [6, 6.07) is 0. The summed E-state index contributed by atoms with van der Waals surface area (Å²) in [5.74, 6) is 1.64. The van der Waals surface area contributed by atoms with Crippen LogP contribution in [0, 0.1) is 5.41 Å². The van der Waals surface area contributed by atoms with Crippen LogP contribution in [0.3, 0.4) is 0 Å². The largest absolute Gasteiger partial charge is 0.476 e. The number of rotatable bonds is 19. The number of nitrogens with one attached hydrogen (secondary N) is 7. The van der Waals surface area contributed by atoms with E-state index in [0.29, 0.717) is 38.6 Å². The van der Waals surface area contributed by atoms with Gasteiger partial charge in [-0.25, -0.2) is 29.4 Å². The van der Waals surface area contributed by atoms with Gasteiger partial charge in [-0.3, -0.25) is 57.0 Å². The molecule has 28 heteroatoms. The Labute approximate surface area is 444 Å². The van der Waals surface area contributed by atoms with Gasteiger partial charge < -0.3 is 50.7 Å². The number of hydrazine groups is 2. The van der Waals surface area contributed by atoms with Crippen molar-refractivity contribution in [2.45, 2.75) is 177 Å². The number of unbranched alkanes of at least 4 members (excludes halogenated alkanes) is 3. The van der Waals surface area contributed by atoms with Crippen molar-refractivity contribution in [3.63, 3.8) is 0 Å².